The van der Waals surface area contributed by atoms with Crippen LogP contribution in [-0.2, 0) is 4.79 Å². The van der Waals surface area contributed by atoms with Gasteiger partial charge in [0, 0.05) is 31.9 Å². The second kappa shape index (κ2) is 10.1. The van der Waals surface area contributed by atoms with Gasteiger partial charge in [0.25, 0.3) is 0 Å². The third kappa shape index (κ3) is 5.66. The molecule has 1 aromatic heterocycles. The molecule has 142 valence electrons. The van der Waals surface area contributed by atoms with Crippen molar-refractivity contribution in [3.8, 4) is 11.4 Å². The molecule has 2 aromatic rings. The summed E-state index contributed by atoms with van der Waals surface area (Å²) in [4.78, 5) is 13.9. The first-order chi connectivity index (χ1) is 12.5. The number of nitrogens with zero attached hydrogens (tertiary/aromatic N) is 4. The maximum atomic E-state index is 11.9. The van der Waals surface area contributed by atoms with Crippen LogP contribution in [0.5, 0.6) is 0 Å². The van der Waals surface area contributed by atoms with Crippen molar-refractivity contribution in [1.82, 2.24) is 20.2 Å². The molecule has 0 aliphatic rings. The first-order valence-electron chi connectivity index (χ1n) is 8.90. The van der Waals surface area contributed by atoms with Gasteiger partial charge in [-0.2, -0.15) is 0 Å². The standard InChI is InChI=1S/C18H28N6OS/c1-4-5-6-7-11-20-16(25)13-26-18-22-21-17(24(18)19)14-9-8-10-15(12-14)23(2)3/h8-10,12H,4-7,11,13,19H2,1-3H3,(H,20,25). The van der Waals surface area contributed by atoms with E-state index in [0.29, 0.717) is 11.0 Å². The van der Waals surface area contributed by atoms with Gasteiger partial charge in [-0.05, 0) is 18.6 Å². The van der Waals surface area contributed by atoms with Crippen LogP contribution in [-0.4, -0.2) is 47.2 Å². The molecule has 1 amide bonds. The van der Waals surface area contributed by atoms with E-state index >= 15 is 0 Å². The van der Waals surface area contributed by atoms with Crippen LogP contribution in [0.15, 0.2) is 29.4 Å². The number of thioether (sulfide) groups is 1. The Hall–Kier alpha value is -2.22. The highest BCUT2D eigenvalue weighted by atomic mass is 32.2. The lowest BCUT2D eigenvalue weighted by Crippen LogP contribution is -2.26. The van der Waals surface area contributed by atoms with Crippen molar-refractivity contribution in [1.29, 1.82) is 0 Å². The number of nitrogens with one attached hydrogen (secondary N) is 1. The monoisotopic (exact) mass is 376 g/mol. The van der Waals surface area contributed by atoms with E-state index < -0.39 is 0 Å². The molecule has 0 saturated carbocycles. The van der Waals surface area contributed by atoms with Gasteiger partial charge in [0.1, 0.15) is 0 Å². The maximum absolute atomic E-state index is 11.9. The Kier molecular flexibility index (Phi) is 7.77. The van der Waals surface area contributed by atoms with Crippen molar-refractivity contribution in [3.63, 3.8) is 0 Å². The van der Waals surface area contributed by atoms with Crippen LogP contribution in [0.1, 0.15) is 32.6 Å². The predicted molar refractivity (Wildman–Crippen MR) is 108 cm³/mol. The number of nitrogens with two attached hydrogens (primary N) is 1. The molecule has 1 heterocycles. The van der Waals surface area contributed by atoms with Crippen LogP contribution in [0.2, 0.25) is 0 Å². The summed E-state index contributed by atoms with van der Waals surface area (Å²) < 4.78 is 1.44. The highest BCUT2D eigenvalue weighted by Crippen LogP contribution is 2.24. The Morgan fingerprint density at radius 2 is 2.08 bits per heavy atom. The molecule has 2 rings (SSSR count). The third-order valence-electron chi connectivity index (χ3n) is 3.97. The van der Waals surface area contributed by atoms with Crippen LogP contribution in [0.3, 0.4) is 0 Å². The van der Waals surface area contributed by atoms with Crippen LogP contribution in [0, 0.1) is 0 Å². The lowest BCUT2D eigenvalue weighted by atomic mass is 10.2. The highest BCUT2D eigenvalue weighted by molar-refractivity contribution is 7.99. The van der Waals surface area contributed by atoms with Crippen molar-refractivity contribution in [2.45, 2.75) is 37.8 Å². The minimum absolute atomic E-state index is 0.00865. The van der Waals surface area contributed by atoms with Gasteiger partial charge in [0.2, 0.25) is 11.1 Å². The van der Waals surface area contributed by atoms with Gasteiger partial charge < -0.3 is 16.1 Å². The average molecular weight is 377 g/mol. The Morgan fingerprint density at radius 1 is 1.27 bits per heavy atom. The Labute approximate surface area is 159 Å². The van der Waals surface area contributed by atoms with Crippen molar-refractivity contribution in [2.75, 3.05) is 37.1 Å². The zero-order chi connectivity index (χ0) is 18.9. The fourth-order valence-electron chi connectivity index (χ4n) is 2.46. The molecule has 3 N–H and O–H groups in total. The molecule has 0 radical (unpaired) electrons. The van der Waals surface area contributed by atoms with Crippen molar-refractivity contribution in [2.24, 2.45) is 0 Å². The lowest BCUT2D eigenvalue weighted by molar-refractivity contribution is -0.118. The Balaban J connectivity index is 1.91. The van der Waals surface area contributed by atoms with Crippen molar-refractivity contribution in [3.05, 3.63) is 24.3 Å². The summed E-state index contributed by atoms with van der Waals surface area (Å²) in [5.74, 6) is 6.98. The molecule has 26 heavy (non-hydrogen) atoms. The fourth-order valence-corrected chi connectivity index (χ4v) is 3.14. The number of hydrogen-bond donors (Lipinski definition) is 2. The Bertz CT molecular complexity index is 715. The van der Waals surface area contributed by atoms with Crippen LogP contribution >= 0.6 is 11.8 Å². The molecule has 1 aromatic carbocycles. The number of carbonyl (C=O) groups is 1. The Morgan fingerprint density at radius 3 is 2.81 bits per heavy atom. The number of unbranched alkanes of at least 4 members (excludes halogenated alkanes) is 3. The number of carbonyl (C=O) groups excluding carboxylic acids is 1. The normalized spacial score (nSPS) is 10.7. The van der Waals surface area contributed by atoms with Gasteiger partial charge in [-0.1, -0.05) is 50.1 Å². The molecule has 7 nitrogen and oxygen atoms in total. The number of anilines is 1. The summed E-state index contributed by atoms with van der Waals surface area (Å²) in [5, 5.41) is 11.7. The van der Waals surface area contributed by atoms with E-state index in [-0.39, 0.29) is 11.7 Å². The van der Waals surface area contributed by atoms with Gasteiger partial charge in [-0.15, -0.1) is 10.2 Å². The van der Waals surface area contributed by atoms with Gasteiger partial charge in [0.05, 0.1) is 5.75 Å². The van der Waals surface area contributed by atoms with Gasteiger partial charge in [-0.3, -0.25) is 4.79 Å². The van der Waals surface area contributed by atoms with E-state index in [0.717, 1.165) is 30.6 Å². The topological polar surface area (TPSA) is 89.1 Å². The molecule has 8 heteroatoms. The first-order valence-corrected chi connectivity index (χ1v) is 9.89. The summed E-state index contributed by atoms with van der Waals surface area (Å²) in [5.41, 5.74) is 1.94. The number of benzene rings is 1. The van der Waals surface area contributed by atoms with E-state index in [9.17, 15) is 4.79 Å². The molecule has 0 saturated heterocycles. The number of nitrogen functional groups attached to an aromatic ring is 1. The quantitative estimate of drug-likeness (QED) is 0.376. The van der Waals surface area contributed by atoms with Crippen molar-refractivity contribution < 1.29 is 4.79 Å². The third-order valence-corrected chi connectivity index (χ3v) is 4.91. The minimum Gasteiger partial charge on any atom is -0.378 e. The molecule has 0 unspecified atom stereocenters. The summed E-state index contributed by atoms with van der Waals surface area (Å²) in [6.45, 7) is 2.89. The molecular formula is C18H28N6OS. The predicted octanol–water partition coefficient (Wildman–Crippen LogP) is 2.51. The fraction of sp³-hybridized carbons (Fsp3) is 0.500. The second-order valence-corrected chi connectivity index (χ2v) is 7.26. The number of rotatable bonds is 10. The second-order valence-electron chi connectivity index (χ2n) is 6.32. The van der Waals surface area contributed by atoms with Crippen molar-refractivity contribution >= 4 is 23.4 Å². The smallest absolute Gasteiger partial charge is 0.230 e. The lowest BCUT2D eigenvalue weighted by Gasteiger charge is -2.13. The molecular weight excluding hydrogens is 348 g/mol. The first kappa shape index (κ1) is 20.1. The van der Waals surface area contributed by atoms with Crippen LogP contribution in [0.25, 0.3) is 11.4 Å². The van der Waals surface area contributed by atoms with E-state index in [1.807, 2.05) is 43.3 Å². The molecule has 0 atom stereocenters. The molecule has 0 fully saturated rings. The van der Waals surface area contributed by atoms with Gasteiger partial charge in [0.15, 0.2) is 5.82 Å². The molecule has 0 aliphatic carbocycles. The van der Waals surface area contributed by atoms with Gasteiger partial charge >= 0.3 is 0 Å². The number of aromatic nitrogens is 3. The highest BCUT2D eigenvalue weighted by Gasteiger charge is 2.14. The maximum Gasteiger partial charge on any atom is 0.230 e. The van der Waals surface area contributed by atoms with E-state index in [1.165, 1.54) is 29.3 Å². The molecule has 0 spiro atoms. The van der Waals surface area contributed by atoms with E-state index in [1.54, 1.807) is 0 Å². The minimum atomic E-state index is -0.00865. The van der Waals surface area contributed by atoms with E-state index in [4.69, 9.17) is 5.84 Å². The largest absolute Gasteiger partial charge is 0.378 e. The summed E-state index contributed by atoms with van der Waals surface area (Å²) >= 11 is 1.29. The number of amides is 1. The van der Waals surface area contributed by atoms with Crippen LogP contribution in [0.4, 0.5) is 5.69 Å². The SMILES string of the molecule is CCCCCCNC(=O)CSc1nnc(-c2cccc(N(C)C)c2)n1N. The summed E-state index contributed by atoms with van der Waals surface area (Å²) in [6.07, 6.45) is 4.56. The zero-order valence-corrected chi connectivity index (χ0v) is 16.6. The van der Waals surface area contributed by atoms with Gasteiger partial charge in [-0.25, -0.2) is 4.68 Å². The summed E-state index contributed by atoms with van der Waals surface area (Å²) in [6, 6.07) is 7.92. The summed E-state index contributed by atoms with van der Waals surface area (Å²) in [7, 11) is 3.96. The molecule has 0 bridgehead atoms. The average Bonchev–Trinajstić information content (AvgIpc) is 3.00. The van der Waals surface area contributed by atoms with Crippen LogP contribution < -0.4 is 16.1 Å². The number of hydrogen-bond acceptors (Lipinski definition) is 6. The zero-order valence-electron chi connectivity index (χ0n) is 15.7. The van der Waals surface area contributed by atoms with E-state index in [2.05, 4.69) is 22.4 Å². The molecule has 0 aliphatic heterocycles.